The van der Waals surface area contributed by atoms with E-state index in [4.69, 9.17) is 0 Å². The molecule has 0 aliphatic carbocycles. The van der Waals surface area contributed by atoms with E-state index in [1.165, 1.54) is 0 Å². The van der Waals surface area contributed by atoms with Gasteiger partial charge in [0.15, 0.2) is 5.13 Å². The summed E-state index contributed by atoms with van der Waals surface area (Å²) in [6.45, 7) is 1.18. The number of hydrogen-bond donors (Lipinski definition) is 0. The maximum Gasteiger partial charge on any atom is 0.320 e. The molecule has 1 aliphatic heterocycles. The van der Waals surface area contributed by atoms with E-state index >= 15 is 0 Å². The molecular formula is C16H17F2N5S. The number of benzene rings is 1. The van der Waals surface area contributed by atoms with Crippen LogP contribution in [0.25, 0.3) is 11.0 Å². The second-order valence-electron chi connectivity index (χ2n) is 5.74. The highest BCUT2D eigenvalue weighted by Gasteiger charge is 2.23. The fourth-order valence-corrected chi connectivity index (χ4v) is 3.79. The molecule has 0 radical (unpaired) electrons. The zero-order valence-corrected chi connectivity index (χ0v) is 13.8. The maximum atomic E-state index is 13.5. The predicted octanol–water partition coefficient (Wildman–Crippen LogP) is 3.21. The number of nitrogens with zero attached hydrogens (tertiary/aromatic N) is 5. The van der Waals surface area contributed by atoms with Crippen molar-refractivity contribution in [3.05, 3.63) is 41.7 Å². The molecule has 0 saturated carbocycles. The molecule has 0 N–H and O–H groups in total. The topological polar surface area (TPSA) is 37.2 Å². The Bertz CT molecular complexity index is 809. The molecule has 5 nitrogen and oxygen atoms in total. The zero-order chi connectivity index (χ0) is 16.5. The Balaban J connectivity index is 1.50. The van der Waals surface area contributed by atoms with E-state index in [-0.39, 0.29) is 0 Å². The number of thiazole rings is 1. The van der Waals surface area contributed by atoms with E-state index in [0.717, 1.165) is 35.9 Å². The summed E-state index contributed by atoms with van der Waals surface area (Å²) in [4.78, 5) is 13.1. The Labute approximate surface area is 142 Å². The lowest BCUT2D eigenvalue weighted by Crippen LogP contribution is -2.46. The molecule has 0 spiro atoms. The van der Waals surface area contributed by atoms with Crippen LogP contribution in [0.5, 0.6) is 0 Å². The summed E-state index contributed by atoms with van der Waals surface area (Å²) in [7, 11) is 0. The lowest BCUT2D eigenvalue weighted by Gasteiger charge is -2.34. The summed E-state index contributed by atoms with van der Waals surface area (Å²) in [6, 6.07) is 7.05. The number of imidazole rings is 1. The molecule has 2 aromatic heterocycles. The largest absolute Gasteiger partial charge is 0.346 e. The highest BCUT2D eigenvalue weighted by molar-refractivity contribution is 7.13. The van der Waals surface area contributed by atoms with E-state index in [1.807, 2.05) is 11.4 Å². The van der Waals surface area contributed by atoms with Gasteiger partial charge in [0.2, 0.25) is 0 Å². The van der Waals surface area contributed by atoms with Crippen molar-refractivity contribution in [2.75, 3.05) is 31.1 Å². The Morgan fingerprint density at radius 2 is 1.92 bits per heavy atom. The van der Waals surface area contributed by atoms with Gasteiger partial charge in [-0.3, -0.25) is 9.47 Å². The summed E-state index contributed by atoms with van der Waals surface area (Å²) >= 11 is 1.62. The average Bonchev–Trinajstić information content (AvgIpc) is 3.22. The third-order valence-corrected chi connectivity index (χ3v) is 5.12. The van der Waals surface area contributed by atoms with Crippen molar-refractivity contribution < 1.29 is 8.78 Å². The van der Waals surface area contributed by atoms with Crippen LogP contribution in [0, 0.1) is 0 Å². The standard InChI is InChI=1S/C16H17F2N5S/c17-15(18)23-13-4-2-1-3-12(13)20-14(23)11-21-6-8-22(9-7-21)16-19-5-10-24-16/h1-5,10,15H,6-9,11H2. The molecule has 1 aromatic carbocycles. The normalized spacial score (nSPS) is 16.4. The third kappa shape index (κ3) is 2.87. The summed E-state index contributed by atoms with van der Waals surface area (Å²) in [5, 5.41) is 2.99. The summed E-state index contributed by atoms with van der Waals surface area (Å²) < 4.78 is 28.0. The van der Waals surface area contributed by atoms with Crippen molar-refractivity contribution in [2.24, 2.45) is 0 Å². The fraction of sp³-hybridized carbons (Fsp3) is 0.375. The van der Waals surface area contributed by atoms with Gasteiger partial charge < -0.3 is 4.90 Å². The van der Waals surface area contributed by atoms with Crippen molar-refractivity contribution in [3.8, 4) is 0 Å². The molecule has 0 amide bonds. The third-order valence-electron chi connectivity index (χ3n) is 4.29. The minimum Gasteiger partial charge on any atom is -0.346 e. The summed E-state index contributed by atoms with van der Waals surface area (Å²) in [6.07, 6.45) is 1.80. The number of piperazine rings is 1. The van der Waals surface area contributed by atoms with Crippen LogP contribution in [0.3, 0.4) is 0 Å². The highest BCUT2D eigenvalue weighted by atomic mass is 32.1. The van der Waals surface area contributed by atoms with Crippen LogP contribution in [-0.4, -0.2) is 45.6 Å². The Morgan fingerprint density at radius 3 is 2.62 bits per heavy atom. The number of rotatable bonds is 4. The van der Waals surface area contributed by atoms with E-state index in [2.05, 4.69) is 19.8 Å². The molecule has 0 bridgehead atoms. The van der Waals surface area contributed by atoms with Gasteiger partial charge in [0, 0.05) is 37.8 Å². The molecule has 1 fully saturated rings. The second kappa shape index (κ2) is 6.45. The molecule has 0 atom stereocenters. The molecular weight excluding hydrogens is 332 g/mol. The lowest BCUT2D eigenvalue weighted by atomic mass is 10.3. The first-order valence-electron chi connectivity index (χ1n) is 7.83. The van der Waals surface area contributed by atoms with Gasteiger partial charge in [-0.2, -0.15) is 8.78 Å². The first-order chi connectivity index (χ1) is 11.7. The summed E-state index contributed by atoms with van der Waals surface area (Å²) in [5.41, 5.74) is 1.11. The van der Waals surface area contributed by atoms with Gasteiger partial charge in [0.05, 0.1) is 17.6 Å². The monoisotopic (exact) mass is 349 g/mol. The molecule has 1 aliphatic rings. The van der Waals surface area contributed by atoms with Crippen molar-refractivity contribution in [3.63, 3.8) is 0 Å². The molecule has 3 heterocycles. The van der Waals surface area contributed by atoms with Crippen molar-refractivity contribution in [1.82, 2.24) is 19.4 Å². The fourth-order valence-electron chi connectivity index (χ4n) is 3.09. The van der Waals surface area contributed by atoms with Crippen LogP contribution >= 0.6 is 11.3 Å². The lowest BCUT2D eigenvalue weighted by molar-refractivity contribution is 0.0681. The zero-order valence-electron chi connectivity index (χ0n) is 13.0. The molecule has 8 heteroatoms. The SMILES string of the molecule is FC(F)n1c(CN2CCN(c3nccs3)CC2)nc2ccccc21. The molecule has 3 aromatic rings. The van der Waals surface area contributed by atoms with Crippen molar-refractivity contribution in [2.45, 2.75) is 13.1 Å². The first-order valence-corrected chi connectivity index (χ1v) is 8.71. The van der Waals surface area contributed by atoms with Gasteiger partial charge in [-0.05, 0) is 12.1 Å². The van der Waals surface area contributed by atoms with Gasteiger partial charge in [-0.1, -0.05) is 12.1 Å². The van der Waals surface area contributed by atoms with Gasteiger partial charge in [-0.15, -0.1) is 11.3 Å². The second-order valence-corrected chi connectivity index (χ2v) is 6.62. The number of fused-ring (bicyclic) bond motifs is 1. The van der Waals surface area contributed by atoms with Crippen LogP contribution < -0.4 is 4.90 Å². The Morgan fingerprint density at radius 1 is 1.12 bits per heavy atom. The minimum atomic E-state index is -2.58. The van der Waals surface area contributed by atoms with Crippen LogP contribution in [0.2, 0.25) is 0 Å². The van der Waals surface area contributed by atoms with Crippen LogP contribution in [0.4, 0.5) is 13.9 Å². The van der Waals surface area contributed by atoms with Gasteiger partial charge >= 0.3 is 6.55 Å². The van der Waals surface area contributed by atoms with Gasteiger partial charge in [0.1, 0.15) is 5.82 Å². The molecule has 4 rings (SSSR count). The number of halogens is 2. The average molecular weight is 349 g/mol. The van der Waals surface area contributed by atoms with Crippen molar-refractivity contribution >= 4 is 27.5 Å². The molecule has 126 valence electrons. The van der Waals surface area contributed by atoms with E-state index in [9.17, 15) is 8.78 Å². The minimum absolute atomic E-state index is 0.425. The summed E-state index contributed by atoms with van der Waals surface area (Å²) in [5.74, 6) is 0.425. The number of hydrogen-bond acceptors (Lipinski definition) is 5. The van der Waals surface area contributed by atoms with Crippen molar-refractivity contribution in [1.29, 1.82) is 0 Å². The van der Waals surface area contributed by atoms with E-state index in [0.29, 0.717) is 23.4 Å². The first kappa shape index (κ1) is 15.5. The molecule has 1 saturated heterocycles. The number of para-hydroxylation sites is 2. The van der Waals surface area contributed by atoms with Gasteiger partial charge in [0.25, 0.3) is 0 Å². The Hall–Kier alpha value is -2.06. The quantitative estimate of drug-likeness (QED) is 0.725. The smallest absolute Gasteiger partial charge is 0.320 e. The van der Waals surface area contributed by atoms with Crippen LogP contribution in [0.15, 0.2) is 35.8 Å². The van der Waals surface area contributed by atoms with Crippen LogP contribution in [0.1, 0.15) is 12.4 Å². The number of aromatic nitrogens is 3. The maximum absolute atomic E-state index is 13.5. The number of anilines is 1. The Kier molecular flexibility index (Phi) is 4.15. The molecule has 24 heavy (non-hydrogen) atoms. The predicted molar refractivity (Wildman–Crippen MR) is 90.6 cm³/mol. The van der Waals surface area contributed by atoms with Crippen LogP contribution in [-0.2, 0) is 6.54 Å². The van der Waals surface area contributed by atoms with E-state index in [1.54, 1.807) is 35.7 Å². The molecule has 0 unspecified atom stereocenters. The highest BCUT2D eigenvalue weighted by Crippen LogP contribution is 2.25. The van der Waals surface area contributed by atoms with E-state index < -0.39 is 6.55 Å². The number of alkyl halides is 2. The van der Waals surface area contributed by atoms with Gasteiger partial charge in [-0.25, -0.2) is 9.97 Å².